The summed E-state index contributed by atoms with van der Waals surface area (Å²) >= 11 is 0. The van der Waals surface area contributed by atoms with Gasteiger partial charge in [0, 0.05) is 19.3 Å². The Bertz CT molecular complexity index is 1250. The van der Waals surface area contributed by atoms with Gasteiger partial charge >= 0.3 is 17.9 Å². The van der Waals surface area contributed by atoms with Crippen molar-refractivity contribution in [2.45, 2.75) is 252 Å². The van der Waals surface area contributed by atoms with Crippen LogP contribution in [0.1, 0.15) is 245 Å². The van der Waals surface area contributed by atoms with E-state index in [0.29, 0.717) is 19.3 Å². The Hall–Kier alpha value is -3.41. The number of allylic oxidation sites excluding steroid dienone is 14. The standard InChI is InChI=1S/C58H98O6/c1-4-7-10-13-16-19-22-25-28-29-31-33-36-39-42-45-48-51-57(60)63-54-55(53-62-56(59)50-47-44-41-38-35-32-27-24-21-18-15-12-9-6-3)64-58(61)52-49-46-43-40-37-34-30-26-23-20-17-14-11-8-5-2/h8,11,16-17,19-20,25-26,28,30-31,33,39,42,55H,4-7,9-10,12-15,18,21-24,27,29,32,34-38,40-41,43-54H2,1-3H3/b11-8+,19-16+,20-17+,28-25+,30-26+,33-31+,42-39+/t55-/m1/s1. The van der Waals surface area contributed by atoms with E-state index in [9.17, 15) is 14.4 Å². The number of ether oxygens (including phenoxy) is 3. The molecule has 0 radical (unpaired) electrons. The third kappa shape index (κ3) is 49.6. The Kier molecular flexibility index (Phi) is 49.4. The molecule has 0 saturated heterocycles. The lowest BCUT2D eigenvalue weighted by Gasteiger charge is -2.18. The molecule has 0 amide bonds. The van der Waals surface area contributed by atoms with Gasteiger partial charge in [0.15, 0.2) is 6.10 Å². The fraction of sp³-hybridized carbons (Fsp3) is 0.707. The minimum absolute atomic E-state index is 0.0993. The van der Waals surface area contributed by atoms with Gasteiger partial charge in [-0.25, -0.2) is 0 Å². The van der Waals surface area contributed by atoms with Crippen molar-refractivity contribution in [3.05, 3.63) is 85.1 Å². The zero-order valence-electron chi connectivity index (χ0n) is 41.8. The van der Waals surface area contributed by atoms with E-state index < -0.39 is 6.10 Å². The molecule has 0 unspecified atom stereocenters. The maximum absolute atomic E-state index is 12.8. The van der Waals surface area contributed by atoms with Gasteiger partial charge in [-0.05, 0) is 89.9 Å². The highest BCUT2D eigenvalue weighted by molar-refractivity contribution is 5.71. The molecule has 0 aromatic carbocycles. The molecule has 6 nitrogen and oxygen atoms in total. The molecule has 0 rings (SSSR count). The van der Waals surface area contributed by atoms with Crippen LogP contribution in [0.2, 0.25) is 0 Å². The van der Waals surface area contributed by atoms with Gasteiger partial charge < -0.3 is 14.2 Å². The van der Waals surface area contributed by atoms with Crippen molar-refractivity contribution in [3.63, 3.8) is 0 Å². The van der Waals surface area contributed by atoms with Gasteiger partial charge in [-0.3, -0.25) is 14.4 Å². The van der Waals surface area contributed by atoms with Crippen molar-refractivity contribution in [2.75, 3.05) is 13.2 Å². The Labute approximate surface area is 395 Å². The summed E-state index contributed by atoms with van der Waals surface area (Å²) in [4.78, 5) is 38.0. The molecule has 0 aromatic heterocycles. The lowest BCUT2D eigenvalue weighted by Crippen LogP contribution is -2.30. The van der Waals surface area contributed by atoms with Gasteiger partial charge in [-0.1, -0.05) is 221 Å². The molecule has 0 heterocycles. The zero-order valence-corrected chi connectivity index (χ0v) is 41.8. The first kappa shape index (κ1) is 60.6. The van der Waals surface area contributed by atoms with E-state index in [1.165, 1.54) is 96.3 Å². The van der Waals surface area contributed by atoms with Crippen LogP contribution in [0.3, 0.4) is 0 Å². The van der Waals surface area contributed by atoms with E-state index >= 15 is 0 Å². The number of hydrogen-bond donors (Lipinski definition) is 0. The van der Waals surface area contributed by atoms with Crippen LogP contribution in [0.5, 0.6) is 0 Å². The lowest BCUT2D eigenvalue weighted by atomic mass is 10.0. The van der Waals surface area contributed by atoms with Crippen molar-refractivity contribution < 1.29 is 28.6 Å². The van der Waals surface area contributed by atoms with Gasteiger partial charge in [0.25, 0.3) is 0 Å². The van der Waals surface area contributed by atoms with Crippen molar-refractivity contribution in [2.24, 2.45) is 0 Å². The largest absolute Gasteiger partial charge is 0.462 e. The van der Waals surface area contributed by atoms with E-state index in [1.807, 2.05) is 0 Å². The summed E-state index contributed by atoms with van der Waals surface area (Å²) in [6.07, 6.45) is 67.1. The fourth-order valence-electron chi connectivity index (χ4n) is 7.15. The quantitative estimate of drug-likeness (QED) is 0.0262. The summed E-state index contributed by atoms with van der Waals surface area (Å²) in [6, 6.07) is 0. The van der Waals surface area contributed by atoms with Crippen LogP contribution in [-0.4, -0.2) is 37.2 Å². The van der Waals surface area contributed by atoms with E-state index in [0.717, 1.165) is 103 Å². The Morgan fingerprint density at radius 2 is 0.625 bits per heavy atom. The first-order chi connectivity index (χ1) is 31.5. The Morgan fingerprint density at radius 1 is 0.328 bits per heavy atom. The number of carbonyl (C=O) groups is 3. The number of rotatable bonds is 47. The average Bonchev–Trinajstić information content (AvgIpc) is 3.29. The highest BCUT2D eigenvalue weighted by Gasteiger charge is 2.19. The lowest BCUT2D eigenvalue weighted by molar-refractivity contribution is -0.167. The summed E-state index contributed by atoms with van der Waals surface area (Å²) in [5, 5.41) is 0. The third-order valence-corrected chi connectivity index (χ3v) is 11.1. The number of carbonyl (C=O) groups excluding carboxylic acids is 3. The second-order valence-corrected chi connectivity index (χ2v) is 17.4. The van der Waals surface area contributed by atoms with E-state index in [-0.39, 0.29) is 37.5 Å². The van der Waals surface area contributed by atoms with Crippen LogP contribution in [0.15, 0.2) is 85.1 Å². The monoisotopic (exact) mass is 891 g/mol. The maximum Gasteiger partial charge on any atom is 0.306 e. The van der Waals surface area contributed by atoms with Crippen molar-refractivity contribution in [3.8, 4) is 0 Å². The molecule has 64 heavy (non-hydrogen) atoms. The normalized spacial score (nSPS) is 12.7. The molecule has 0 aliphatic carbocycles. The SMILES string of the molecule is CC/C=C/C/C=C/C/C=C/CCCCCCCC(=O)O[C@@H](COC(=O)CCC/C=C/C/C=C/C/C=C/C/C=C/CCCCC)COC(=O)CCCCCCCCCCCCCCCC. The average molecular weight is 891 g/mol. The van der Waals surface area contributed by atoms with Crippen LogP contribution < -0.4 is 0 Å². The minimum Gasteiger partial charge on any atom is -0.462 e. The van der Waals surface area contributed by atoms with Crippen LogP contribution in [0, 0.1) is 0 Å². The molecule has 1 atom stereocenters. The predicted molar refractivity (Wildman–Crippen MR) is 274 cm³/mol. The zero-order chi connectivity index (χ0) is 46.5. The van der Waals surface area contributed by atoms with Crippen molar-refractivity contribution in [1.82, 2.24) is 0 Å². The summed E-state index contributed by atoms with van der Waals surface area (Å²) < 4.78 is 16.8. The van der Waals surface area contributed by atoms with Crippen LogP contribution in [-0.2, 0) is 28.6 Å². The van der Waals surface area contributed by atoms with Crippen molar-refractivity contribution >= 4 is 17.9 Å². The van der Waals surface area contributed by atoms with Gasteiger partial charge in [0.05, 0.1) is 0 Å². The third-order valence-electron chi connectivity index (χ3n) is 11.1. The molecular weight excluding hydrogens is 793 g/mol. The number of hydrogen-bond acceptors (Lipinski definition) is 6. The van der Waals surface area contributed by atoms with E-state index in [2.05, 4.69) is 106 Å². The number of unbranched alkanes of at least 4 members (excludes halogenated alkanes) is 22. The highest BCUT2D eigenvalue weighted by atomic mass is 16.6. The Morgan fingerprint density at radius 3 is 1.05 bits per heavy atom. The highest BCUT2D eigenvalue weighted by Crippen LogP contribution is 2.15. The van der Waals surface area contributed by atoms with Gasteiger partial charge in [-0.2, -0.15) is 0 Å². The molecule has 6 heteroatoms. The van der Waals surface area contributed by atoms with Gasteiger partial charge in [0.2, 0.25) is 0 Å². The molecule has 0 spiro atoms. The van der Waals surface area contributed by atoms with Gasteiger partial charge in [0.1, 0.15) is 13.2 Å². The van der Waals surface area contributed by atoms with E-state index in [1.54, 1.807) is 0 Å². The van der Waals surface area contributed by atoms with E-state index in [4.69, 9.17) is 14.2 Å². The molecule has 0 fully saturated rings. The summed E-state index contributed by atoms with van der Waals surface area (Å²) in [5.74, 6) is -0.973. The minimum atomic E-state index is -0.806. The fourth-order valence-corrected chi connectivity index (χ4v) is 7.15. The summed E-state index contributed by atoms with van der Waals surface area (Å²) in [5.41, 5.74) is 0. The summed E-state index contributed by atoms with van der Waals surface area (Å²) in [6.45, 7) is 6.44. The topological polar surface area (TPSA) is 78.9 Å². The van der Waals surface area contributed by atoms with Crippen LogP contribution in [0.25, 0.3) is 0 Å². The molecule has 0 aliphatic heterocycles. The van der Waals surface area contributed by atoms with Crippen molar-refractivity contribution in [1.29, 1.82) is 0 Å². The molecule has 0 saturated carbocycles. The second-order valence-electron chi connectivity index (χ2n) is 17.4. The molecular formula is C58H98O6. The summed E-state index contributed by atoms with van der Waals surface area (Å²) in [7, 11) is 0. The molecule has 366 valence electrons. The first-order valence-electron chi connectivity index (χ1n) is 26.6. The van der Waals surface area contributed by atoms with Gasteiger partial charge in [-0.15, -0.1) is 0 Å². The van der Waals surface area contributed by atoms with Crippen LogP contribution >= 0.6 is 0 Å². The first-order valence-corrected chi connectivity index (χ1v) is 26.6. The predicted octanol–water partition coefficient (Wildman–Crippen LogP) is 17.6. The molecule has 0 N–H and O–H groups in total. The van der Waals surface area contributed by atoms with Crippen LogP contribution in [0.4, 0.5) is 0 Å². The Balaban J connectivity index is 4.49. The second kappa shape index (κ2) is 52.2. The smallest absolute Gasteiger partial charge is 0.306 e. The number of esters is 3. The molecule has 0 bridgehead atoms. The molecule has 0 aliphatic rings. The maximum atomic E-state index is 12.8. The molecule has 0 aromatic rings.